The fourth-order valence-corrected chi connectivity index (χ4v) is 2.51. The van der Waals surface area contributed by atoms with Crippen LogP contribution in [0.1, 0.15) is 24.1 Å². The second-order valence-electron chi connectivity index (χ2n) is 4.95. The van der Waals surface area contributed by atoms with Crippen molar-refractivity contribution < 1.29 is 4.74 Å². The predicted octanol–water partition coefficient (Wildman–Crippen LogP) is 1.84. The van der Waals surface area contributed by atoms with E-state index in [0.29, 0.717) is 6.04 Å². The molecule has 1 aromatic carbocycles. The minimum absolute atomic E-state index is 0.509. The van der Waals surface area contributed by atoms with Gasteiger partial charge in [0.1, 0.15) is 0 Å². The SMILES string of the molecule is COCCc1cccc(C(C)N2CCNCC2)c1. The van der Waals surface area contributed by atoms with E-state index < -0.39 is 0 Å². The Labute approximate surface area is 110 Å². The van der Waals surface area contributed by atoms with Crippen LogP contribution in [-0.4, -0.2) is 44.8 Å². The molecule has 1 aliphatic rings. The number of nitrogens with zero attached hydrogens (tertiary/aromatic N) is 1. The highest BCUT2D eigenvalue weighted by atomic mass is 16.5. The van der Waals surface area contributed by atoms with Crippen molar-refractivity contribution in [1.29, 1.82) is 0 Å². The minimum Gasteiger partial charge on any atom is -0.384 e. The monoisotopic (exact) mass is 248 g/mol. The molecule has 0 bridgehead atoms. The molecule has 1 fully saturated rings. The van der Waals surface area contributed by atoms with Crippen LogP contribution >= 0.6 is 0 Å². The van der Waals surface area contributed by atoms with E-state index in [-0.39, 0.29) is 0 Å². The quantitative estimate of drug-likeness (QED) is 0.860. The molecular weight excluding hydrogens is 224 g/mol. The number of methoxy groups -OCH3 is 1. The summed E-state index contributed by atoms with van der Waals surface area (Å²) >= 11 is 0. The standard InChI is InChI=1S/C15H24N2O/c1-13(17-9-7-16-8-10-17)15-5-3-4-14(12-15)6-11-18-2/h3-5,12-13,16H,6-11H2,1-2H3. The molecule has 0 radical (unpaired) electrons. The third kappa shape index (κ3) is 3.55. The largest absolute Gasteiger partial charge is 0.384 e. The number of hydrogen-bond acceptors (Lipinski definition) is 3. The van der Waals surface area contributed by atoms with Gasteiger partial charge in [-0.25, -0.2) is 0 Å². The van der Waals surface area contributed by atoms with Gasteiger partial charge in [-0.3, -0.25) is 4.90 Å². The molecule has 3 nitrogen and oxygen atoms in total. The lowest BCUT2D eigenvalue weighted by Gasteiger charge is -2.33. The van der Waals surface area contributed by atoms with Crippen molar-refractivity contribution in [3.63, 3.8) is 0 Å². The van der Waals surface area contributed by atoms with Crippen molar-refractivity contribution in [2.45, 2.75) is 19.4 Å². The van der Waals surface area contributed by atoms with Gasteiger partial charge in [0.15, 0.2) is 0 Å². The van der Waals surface area contributed by atoms with Gasteiger partial charge in [0.2, 0.25) is 0 Å². The highest BCUT2D eigenvalue weighted by Gasteiger charge is 2.17. The van der Waals surface area contributed by atoms with Crippen molar-refractivity contribution in [2.24, 2.45) is 0 Å². The van der Waals surface area contributed by atoms with Crippen molar-refractivity contribution in [3.05, 3.63) is 35.4 Å². The minimum atomic E-state index is 0.509. The van der Waals surface area contributed by atoms with Gasteiger partial charge in [-0.15, -0.1) is 0 Å². The first-order valence-corrected chi connectivity index (χ1v) is 6.84. The van der Waals surface area contributed by atoms with Crippen LogP contribution in [0, 0.1) is 0 Å². The Kier molecular flexibility index (Phi) is 5.17. The summed E-state index contributed by atoms with van der Waals surface area (Å²) in [4.78, 5) is 2.55. The predicted molar refractivity (Wildman–Crippen MR) is 74.9 cm³/mol. The molecule has 0 saturated carbocycles. The number of benzene rings is 1. The second-order valence-corrected chi connectivity index (χ2v) is 4.95. The molecule has 1 saturated heterocycles. The maximum absolute atomic E-state index is 5.14. The van der Waals surface area contributed by atoms with Crippen molar-refractivity contribution in [3.8, 4) is 0 Å². The fourth-order valence-electron chi connectivity index (χ4n) is 2.51. The van der Waals surface area contributed by atoms with Gasteiger partial charge in [0.25, 0.3) is 0 Å². The lowest BCUT2D eigenvalue weighted by molar-refractivity contribution is 0.185. The molecular formula is C15H24N2O. The first-order chi connectivity index (χ1) is 8.81. The average molecular weight is 248 g/mol. The van der Waals surface area contributed by atoms with Gasteiger partial charge in [0, 0.05) is 39.3 Å². The number of ether oxygens (including phenoxy) is 1. The topological polar surface area (TPSA) is 24.5 Å². The van der Waals surface area contributed by atoms with Gasteiger partial charge >= 0.3 is 0 Å². The van der Waals surface area contributed by atoms with Crippen LogP contribution in [-0.2, 0) is 11.2 Å². The summed E-state index contributed by atoms with van der Waals surface area (Å²) in [5, 5.41) is 3.40. The molecule has 100 valence electrons. The van der Waals surface area contributed by atoms with Crippen molar-refractivity contribution >= 4 is 0 Å². The molecule has 1 unspecified atom stereocenters. The van der Waals surface area contributed by atoms with E-state index in [9.17, 15) is 0 Å². The maximum Gasteiger partial charge on any atom is 0.0502 e. The molecule has 2 rings (SSSR count). The first-order valence-electron chi connectivity index (χ1n) is 6.84. The maximum atomic E-state index is 5.14. The Hall–Kier alpha value is -0.900. The highest BCUT2D eigenvalue weighted by Crippen LogP contribution is 2.21. The molecule has 0 spiro atoms. The lowest BCUT2D eigenvalue weighted by Crippen LogP contribution is -2.44. The lowest BCUT2D eigenvalue weighted by atomic mass is 10.0. The van der Waals surface area contributed by atoms with Crippen LogP contribution in [0.25, 0.3) is 0 Å². The first kappa shape index (κ1) is 13.5. The van der Waals surface area contributed by atoms with Crippen LogP contribution < -0.4 is 5.32 Å². The molecule has 1 N–H and O–H groups in total. The van der Waals surface area contributed by atoms with Crippen LogP contribution in [0.5, 0.6) is 0 Å². The number of piperazine rings is 1. The number of rotatable bonds is 5. The fraction of sp³-hybridized carbons (Fsp3) is 0.600. The summed E-state index contributed by atoms with van der Waals surface area (Å²) < 4.78 is 5.14. The van der Waals surface area contributed by atoms with Gasteiger partial charge in [-0.05, 0) is 24.5 Å². The smallest absolute Gasteiger partial charge is 0.0502 e. The molecule has 18 heavy (non-hydrogen) atoms. The van der Waals surface area contributed by atoms with Gasteiger partial charge in [0.05, 0.1) is 6.61 Å². The summed E-state index contributed by atoms with van der Waals surface area (Å²) in [6.07, 6.45) is 0.999. The normalized spacial score (nSPS) is 18.8. The molecule has 0 aliphatic carbocycles. The van der Waals surface area contributed by atoms with E-state index in [1.165, 1.54) is 11.1 Å². The number of hydrogen-bond donors (Lipinski definition) is 1. The van der Waals surface area contributed by atoms with E-state index in [0.717, 1.165) is 39.2 Å². The Bertz CT molecular complexity index is 361. The Morgan fingerprint density at radius 2 is 2.11 bits per heavy atom. The van der Waals surface area contributed by atoms with E-state index >= 15 is 0 Å². The Morgan fingerprint density at radius 1 is 1.33 bits per heavy atom. The number of nitrogens with one attached hydrogen (secondary N) is 1. The molecule has 0 aromatic heterocycles. The van der Waals surface area contributed by atoms with Gasteiger partial charge < -0.3 is 10.1 Å². The van der Waals surface area contributed by atoms with E-state index in [1.807, 2.05) is 0 Å². The second kappa shape index (κ2) is 6.88. The zero-order valence-corrected chi connectivity index (χ0v) is 11.5. The van der Waals surface area contributed by atoms with Crippen LogP contribution in [0.15, 0.2) is 24.3 Å². The summed E-state index contributed by atoms with van der Waals surface area (Å²) in [7, 11) is 1.76. The van der Waals surface area contributed by atoms with Crippen molar-refractivity contribution in [2.75, 3.05) is 39.9 Å². The molecule has 3 heteroatoms. The van der Waals surface area contributed by atoms with Crippen molar-refractivity contribution in [1.82, 2.24) is 10.2 Å². The van der Waals surface area contributed by atoms with Crippen LogP contribution in [0.4, 0.5) is 0 Å². The summed E-state index contributed by atoms with van der Waals surface area (Å²) in [6, 6.07) is 9.43. The van der Waals surface area contributed by atoms with E-state index in [2.05, 4.69) is 41.4 Å². The van der Waals surface area contributed by atoms with Gasteiger partial charge in [-0.1, -0.05) is 24.3 Å². The molecule has 1 aromatic rings. The van der Waals surface area contributed by atoms with Gasteiger partial charge in [-0.2, -0.15) is 0 Å². The highest BCUT2D eigenvalue weighted by molar-refractivity contribution is 5.26. The summed E-state index contributed by atoms with van der Waals surface area (Å²) in [5.74, 6) is 0. The Balaban J connectivity index is 2.02. The zero-order chi connectivity index (χ0) is 12.8. The average Bonchev–Trinajstić information content (AvgIpc) is 2.45. The van der Waals surface area contributed by atoms with E-state index in [1.54, 1.807) is 7.11 Å². The summed E-state index contributed by atoms with van der Waals surface area (Å²) in [6.45, 7) is 7.60. The third-order valence-electron chi connectivity index (χ3n) is 3.73. The molecule has 1 aliphatic heterocycles. The third-order valence-corrected chi connectivity index (χ3v) is 3.73. The van der Waals surface area contributed by atoms with E-state index in [4.69, 9.17) is 4.74 Å². The zero-order valence-electron chi connectivity index (χ0n) is 11.5. The Morgan fingerprint density at radius 3 is 2.83 bits per heavy atom. The molecule has 1 atom stereocenters. The molecule has 1 heterocycles. The van der Waals surface area contributed by atoms with Crippen LogP contribution in [0.2, 0.25) is 0 Å². The summed E-state index contributed by atoms with van der Waals surface area (Å²) in [5.41, 5.74) is 2.79. The van der Waals surface area contributed by atoms with Crippen LogP contribution in [0.3, 0.4) is 0 Å². The molecule has 0 amide bonds.